The van der Waals surface area contributed by atoms with E-state index in [-0.39, 0.29) is 17.1 Å². The molecule has 0 aliphatic rings. The van der Waals surface area contributed by atoms with Gasteiger partial charge in [-0.1, -0.05) is 35.9 Å². The van der Waals surface area contributed by atoms with Gasteiger partial charge in [0.25, 0.3) is 5.56 Å². The molecule has 0 unspecified atom stereocenters. The number of H-pyrrole nitrogens is 1. The number of hydrogen-bond acceptors (Lipinski definition) is 4. The fourth-order valence-electron chi connectivity index (χ4n) is 3.00. The van der Waals surface area contributed by atoms with E-state index in [1.165, 1.54) is 18.2 Å². The summed E-state index contributed by atoms with van der Waals surface area (Å²) in [5.74, 6) is -0.618. The smallest absolute Gasteiger partial charge is 0.260 e. The average molecular weight is 397 g/mol. The molecule has 2 heterocycles. The van der Waals surface area contributed by atoms with Crippen molar-refractivity contribution >= 4 is 33.2 Å². The first-order valence-electron chi connectivity index (χ1n) is 7.83. The summed E-state index contributed by atoms with van der Waals surface area (Å²) in [4.78, 5) is 15.7. The normalized spacial score (nSPS) is 10.9. The van der Waals surface area contributed by atoms with Crippen molar-refractivity contribution in [2.24, 2.45) is 0 Å². The molecule has 0 spiro atoms. The number of rotatable bonds is 2. The van der Waals surface area contributed by atoms with E-state index in [4.69, 9.17) is 16.9 Å². The van der Waals surface area contributed by atoms with Gasteiger partial charge in [0.2, 0.25) is 0 Å². The number of nitrogens with zero attached hydrogens (tertiary/aromatic N) is 1. The van der Waals surface area contributed by atoms with Gasteiger partial charge in [0.1, 0.15) is 20.7 Å². The zero-order valence-electron chi connectivity index (χ0n) is 13.6. The Balaban J connectivity index is 2.06. The molecule has 4 nitrogen and oxygen atoms in total. The standard InChI is InChI=1S/C20H10ClFN2O2S/c21-18-14(11-4-6-13(22)7-5-11)16-17(25)15(19(26)24-20(16)27-18)12-3-1-2-10(8-12)9-23/h1-8H,(H2,24,25,26). The number of thiophene rings is 1. The van der Waals surface area contributed by atoms with Gasteiger partial charge in [0.15, 0.2) is 0 Å². The number of halogens is 2. The third-order valence-corrected chi connectivity index (χ3v) is 5.52. The molecule has 4 aromatic rings. The van der Waals surface area contributed by atoms with Crippen LogP contribution in [-0.2, 0) is 0 Å². The Morgan fingerprint density at radius 1 is 1.11 bits per heavy atom. The molecule has 0 amide bonds. The molecule has 0 aliphatic heterocycles. The minimum Gasteiger partial charge on any atom is -0.506 e. The topological polar surface area (TPSA) is 76.9 Å². The van der Waals surface area contributed by atoms with Gasteiger partial charge in [0.05, 0.1) is 22.6 Å². The van der Waals surface area contributed by atoms with Crippen molar-refractivity contribution in [2.45, 2.75) is 0 Å². The van der Waals surface area contributed by atoms with Gasteiger partial charge in [-0.05, 0) is 35.4 Å². The molecule has 27 heavy (non-hydrogen) atoms. The number of benzene rings is 2. The van der Waals surface area contributed by atoms with Gasteiger partial charge in [-0.15, -0.1) is 11.3 Å². The second-order valence-corrected chi connectivity index (χ2v) is 7.45. The zero-order valence-corrected chi connectivity index (χ0v) is 15.2. The first kappa shape index (κ1) is 17.3. The summed E-state index contributed by atoms with van der Waals surface area (Å²) in [6.07, 6.45) is 0. The van der Waals surface area contributed by atoms with Crippen LogP contribution in [0.3, 0.4) is 0 Å². The Bertz CT molecular complexity index is 1290. The molecule has 2 aromatic carbocycles. The van der Waals surface area contributed by atoms with E-state index in [2.05, 4.69) is 4.98 Å². The summed E-state index contributed by atoms with van der Waals surface area (Å²) in [5.41, 5.74) is 1.49. The molecule has 2 N–H and O–H groups in total. The van der Waals surface area contributed by atoms with Gasteiger partial charge in [-0.3, -0.25) is 4.79 Å². The summed E-state index contributed by atoms with van der Waals surface area (Å²) in [7, 11) is 0. The Hall–Kier alpha value is -3.14. The fraction of sp³-hybridized carbons (Fsp3) is 0. The lowest BCUT2D eigenvalue weighted by Crippen LogP contribution is -2.08. The number of pyridine rings is 1. The lowest BCUT2D eigenvalue weighted by molar-refractivity contribution is 0.483. The molecular weight excluding hydrogens is 387 g/mol. The van der Waals surface area contributed by atoms with Gasteiger partial charge < -0.3 is 10.1 Å². The fourth-order valence-corrected chi connectivity index (χ4v) is 4.38. The van der Waals surface area contributed by atoms with Crippen LogP contribution in [0.25, 0.3) is 32.5 Å². The van der Waals surface area contributed by atoms with Crippen LogP contribution in [0.5, 0.6) is 5.75 Å². The van der Waals surface area contributed by atoms with Crippen LogP contribution in [-0.4, -0.2) is 10.1 Å². The molecule has 2 aromatic heterocycles. The van der Waals surface area contributed by atoms with Crippen molar-refractivity contribution in [2.75, 3.05) is 0 Å². The maximum absolute atomic E-state index is 13.3. The lowest BCUT2D eigenvalue weighted by atomic mass is 9.99. The molecule has 0 radical (unpaired) electrons. The Morgan fingerprint density at radius 2 is 1.85 bits per heavy atom. The third-order valence-electron chi connectivity index (χ3n) is 4.21. The molecular formula is C20H10ClFN2O2S. The largest absolute Gasteiger partial charge is 0.506 e. The predicted octanol–water partition coefficient (Wildman–Crippen LogP) is 5.29. The average Bonchev–Trinajstić information content (AvgIpc) is 2.98. The van der Waals surface area contributed by atoms with Crippen LogP contribution >= 0.6 is 22.9 Å². The maximum atomic E-state index is 13.3. The molecule has 0 saturated carbocycles. The second kappa shape index (κ2) is 6.54. The number of fused-ring (bicyclic) bond motifs is 1. The monoisotopic (exact) mass is 396 g/mol. The summed E-state index contributed by atoms with van der Waals surface area (Å²) < 4.78 is 13.6. The highest BCUT2D eigenvalue weighted by atomic mass is 35.5. The van der Waals surface area contributed by atoms with Crippen molar-refractivity contribution in [3.05, 3.63) is 74.6 Å². The summed E-state index contributed by atoms with van der Waals surface area (Å²) in [6.45, 7) is 0. The van der Waals surface area contributed by atoms with Crippen LogP contribution in [0.2, 0.25) is 4.34 Å². The Labute approximate surface area is 161 Å². The van der Waals surface area contributed by atoms with Crippen molar-refractivity contribution in [1.82, 2.24) is 4.98 Å². The number of nitrogens with one attached hydrogen (secondary N) is 1. The summed E-state index contributed by atoms with van der Waals surface area (Å²) >= 11 is 7.48. The molecule has 7 heteroatoms. The molecule has 4 rings (SSSR count). The maximum Gasteiger partial charge on any atom is 0.260 e. The van der Waals surface area contributed by atoms with Gasteiger partial charge >= 0.3 is 0 Å². The molecule has 0 bridgehead atoms. The number of aromatic hydroxyl groups is 1. The number of nitriles is 1. The summed E-state index contributed by atoms with van der Waals surface area (Å²) in [6, 6.07) is 14.1. The van der Waals surface area contributed by atoms with E-state index >= 15 is 0 Å². The predicted molar refractivity (Wildman–Crippen MR) is 105 cm³/mol. The van der Waals surface area contributed by atoms with E-state index in [1.807, 2.05) is 6.07 Å². The Morgan fingerprint density at radius 3 is 2.56 bits per heavy atom. The molecule has 0 aliphatic carbocycles. The van der Waals surface area contributed by atoms with Gasteiger partial charge in [-0.2, -0.15) is 5.26 Å². The van der Waals surface area contributed by atoms with Crippen LogP contribution in [0.4, 0.5) is 4.39 Å². The van der Waals surface area contributed by atoms with Gasteiger partial charge in [0, 0.05) is 5.56 Å². The van der Waals surface area contributed by atoms with Crippen LogP contribution < -0.4 is 5.56 Å². The van der Waals surface area contributed by atoms with Crippen LogP contribution in [0.1, 0.15) is 5.56 Å². The molecule has 0 atom stereocenters. The SMILES string of the molecule is N#Cc1cccc(-c2c(O)c3c(-c4ccc(F)cc4)c(Cl)sc3[nH]c2=O)c1. The molecule has 132 valence electrons. The van der Waals surface area contributed by atoms with Crippen molar-refractivity contribution < 1.29 is 9.50 Å². The van der Waals surface area contributed by atoms with E-state index in [1.54, 1.807) is 30.3 Å². The third kappa shape index (κ3) is 2.87. The van der Waals surface area contributed by atoms with E-state index in [0.29, 0.717) is 36.8 Å². The van der Waals surface area contributed by atoms with Crippen LogP contribution in [0, 0.1) is 17.1 Å². The van der Waals surface area contributed by atoms with E-state index < -0.39 is 5.56 Å². The first-order chi connectivity index (χ1) is 13.0. The van der Waals surface area contributed by atoms with Crippen molar-refractivity contribution in [3.8, 4) is 34.1 Å². The van der Waals surface area contributed by atoms with Crippen LogP contribution in [0.15, 0.2) is 53.3 Å². The van der Waals surface area contributed by atoms with Crippen molar-refractivity contribution in [1.29, 1.82) is 5.26 Å². The quantitative estimate of drug-likeness (QED) is 0.483. The summed E-state index contributed by atoms with van der Waals surface area (Å²) in [5, 5.41) is 20.4. The minimum atomic E-state index is -0.487. The first-order valence-corrected chi connectivity index (χ1v) is 9.02. The number of aromatic nitrogens is 1. The van der Waals surface area contributed by atoms with E-state index in [9.17, 15) is 14.3 Å². The molecule has 0 saturated heterocycles. The highest BCUT2D eigenvalue weighted by molar-refractivity contribution is 7.23. The highest BCUT2D eigenvalue weighted by Gasteiger charge is 2.22. The second-order valence-electron chi connectivity index (χ2n) is 5.83. The zero-order chi connectivity index (χ0) is 19.1. The number of hydrogen-bond donors (Lipinski definition) is 2. The lowest BCUT2D eigenvalue weighted by Gasteiger charge is -2.08. The molecule has 0 fully saturated rings. The highest BCUT2D eigenvalue weighted by Crippen LogP contribution is 2.46. The van der Waals surface area contributed by atoms with Crippen molar-refractivity contribution in [3.63, 3.8) is 0 Å². The van der Waals surface area contributed by atoms with E-state index in [0.717, 1.165) is 11.3 Å². The number of aromatic amines is 1. The minimum absolute atomic E-state index is 0.0532. The van der Waals surface area contributed by atoms with Gasteiger partial charge in [-0.25, -0.2) is 4.39 Å². The Kier molecular flexibility index (Phi) is 4.19.